The van der Waals surface area contributed by atoms with Crippen LogP contribution >= 0.6 is 23.4 Å². The van der Waals surface area contributed by atoms with Gasteiger partial charge in [0, 0.05) is 59.2 Å². The summed E-state index contributed by atoms with van der Waals surface area (Å²) in [6.07, 6.45) is 1.78. The van der Waals surface area contributed by atoms with E-state index in [0.717, 1.165) is 62.6 Å². The first kappa shape index (κ1) is 67.2. The summed E-state index contributed by atoms with van der Waals surface area (Å²) >= 11 is 7.73. The minimum absolute atomic E-state index is 0.0291. The van der Waals surface area contributed by atoms with Crippen molar-refractivity contribution < 1.29 is 43.7 Å². The number of hydrogen-bond donors (Lipinski definition) is 2. The summed E-state index contributed by atoms with van der Waals surface area (Å²) in [7, 11) is -14.3. The standard InChI is InChI=1S/C67H80ClF3N4O7S3Si2/c1-65(2,3)86(8,9)82-63(60-28-20-19-27-59(60)49-29-33-52(68)34-30-49)50-39-43-75(44-40-50)54-35-31-51(32-36-54)64(76)73-85(79,80)56-37-38-61(62(47-56)84(77,78)67(69,70)71)72-53(48-83-55-21-13-10-14-22-55)41-42-74(7)45-46-81-87(66(4,5)6,57-23-15-11-16-24-57)58-25-17-12-18-26-58/h10-38,47,50,53,63,72H,39-46,48H2,1-9H3,(H,73,76)/t53-,63?/m1/s1. The van der Waals surface area contributed by atoms with E-state index in [4.69, 9.17) is 20.5 Å². The molecule has 464 valence electrons. The largest absolute Gasteiger partial charge is 0.501 e. The lowest BCUT2D eigenvalue weighted by atomic mass is 9.84. The molecule has 0 saturated carbocycles. The van der Waals surface area contributed by atoms with E-state index < -0.39 is 69.4 Å². The Kier molecular flexibility index (Phi) is 21.6. The van der Waals surface area contributed by atoms with Crippen molar-refractivity contribution >= 4 is 87.5 Å². The molecule has 0 radical (unpaired) electrons. The molecule has 1 unspecified atom stereocenters. The maximum atomic E-state index is 14.6. The predicted octanol–water partition coefficient (Wildman–Crippen LogP) is 14.9. The Morgan fingerprint density at radius 2 is 1.29 bits per heavy atom. The van der Waals surface area contributed by atoms with Crippen LogP contribution in [0.15, 0.2) is 197 Å². The zero-order valence-corrected chi connectivity index (χ0v) is 56.1. The summed E-state index contributed by atoms with van der Waals surface area (Å²) in [4.78, 5) is 16.7. The number of nitrogens with one attached hydrogen (secondary N) is 2. The lowest BCUT2D eigenvalue weighted by Crippen LogP contribution is -2.67. The van der Waals surface area contributed by atoms with Gasteiger partial charge in [0.1, 0.15) is 4.90 Å². The van der Waals surface area contributed by atoms with Crippen molar-refractivity contribution in [3.05, 3.63) is 198 Å². The third-order valence-corrected chi connectivity index (χ3v) is 30.6. The normalized spacial score (nSPS) is 14.9. The van der Waals surface area contributed by atoms with E-state index in [1.165, 1.54) is 23.9 Å². The van der Waals surface area contributed by atoms with E-state index in [1.54, 1.807) is 12.1 Å². The molecule has 0 spiro atoms. The topological polar surface area (TPSA) is 134 Å². The Morgan fingerprint density at radius 1 is 0.724 bits per heavy atom. The number of rotatable bonds is 24. The van der Waals surface area contributed by atoms with Crippen LogP contribution in [0.1, 0.15) is 82.8 Å². The van der Waals surface area contributed by atoms with Crippen LogP contribution in [-0.2, 0) is 28.7 Å². The summed E-state index contributed by atoms with van der Waals surface area (Å²) < 4.78 is 115. The molecule has 11 nitrogen and oxygen atoms in total. The molecule has 1 aliphatic rings. The van der Waals surface area contributed by atoms with E-state index in [1.807, 2.05) is 109 Å². The van der Waals surface area contributed by atoms with Gasteiger partial charge in [-0.15, -0.1) is 11.8 Å². The Bertz CT molecular complexity index is 3610. The second-order valence-electron chi connectivity index (χ2n) is 24.9. The highest BCUT2D eigenvalue weighted by Crippen LogP contribution is 2.47. The highest BCUT2D eigenvalue weighted by molar-refractivity contribution is 7.99. The number of sulfone groups is 1. The van der Waals surface area contributed by atoms with Gasteiger partial charge in [0.25, 0.3) is 34.1 Å². The Hall–Kier alpha value is -5.75. The van der Waals surface area contributed by atoms with Crippen molar-refractivity contribution in [3.8, 4) is 11.1 Å². The van der Waals surface area contributed by atoms with Gasteiger partial charge in [0.2, 0.25) is 0 Å². The quantitative estimate of drug-likeness (QED) is 0.0442. The van der Waals surface area contributed by atoms with Crippen LogP contribution < -0.4 is 25.3 Å². The highest BCUT2D eigenvalue weighted by Gasteiger charge is 2.51. The van der Waals surface area contributed by atoms with Crippen molar-refractivity contribution in [2.45, 2.75) is 116 Å². The van der Waals surface area contributed by atoms with Crippen LogP contribution in [-0.4, -0.2) is 101 Å². The van der Waals surface area contributed by atoms with Crippen LogP contribution in [0.3, 0.4) is 0 Å². The van der Waals surface area contributed by atoms with Gasteiger partial charge in [-0.05, 0) is 156 Å². The summed E-state index contributed by atoms with van der Waals surface area (Å²) in [5.41, 5.74) is -2.17. The molecule has 20 heteroatoms. The molecule has 1 fully saturated rings. The highest BCUT2D eigenvalue weighted by atomic mass is 35.5. The zero-order valence-electron chi connectivity index (χ0n) is 50.9. The number of amides is 1. The van der Waals surface area contributed by atoms with Gasteiger partial charge in [-0.25, -0.2) is 21.6 Å². The molecule has 1 amide bonds. The number of hydrogen-bond acceptors (Lipinski definition) is 11. The number of carbonyl (C=O) groups is 1. The van der Waals surface area contributed by atoms with Crippen LogP contribution in [0.2, 0.25) is 28.2 Å². The van der Waals surface area contributed by atoms with E-state index >= 15 is 0 Å². The number of thioether (sulfide) groups is 1. The second-order valence-corrected chi connectivity index (χ2v) is 39.1. The van der Waals surface area contributed by atoms with Crippen molar-refractivity contribution in [2.75, 3.05) is 55.8 Å². The molecule has 7 aromatic rings. The third kappa shape index (κ3) is 16.2. The van der Waals surface area contributed by atoms with Gasteiger partial charge in [-0.3, -0.25) is 4.79 Å². The fourth-order valence-corrected chi connectivity index (χ4v) is 19.9. The Labute approximate surface area is 524 Å². The molecule has 2 atom stereocenters. The summed E-state index contributed by atoms with van der Waals surface area (Å²) in [5, 5.41) is 5.72. The average Bonchev–Trinajstić information content (AvgIpc) is 1.03. The van der Waals surface area contributed by atoms with E-state index in [2.05, 4.69) is 112 Å². The monoisotopic (exact) mass is 1300 g/mol. The molecule has 8 rings (SSSR count). The Balaban J connectivity index is 0.963. The first-order valence-corrected chi connectivity index (χ1v) is 38.4. The second kappa shape index (κ2) is 28.0. The first-order chi connectivity index (χ1) is 41.0. The zero-order chi connectivity index (χ0) is 63.0. The van der Waals surface area contributed by atoms with Gasteiger partial charge in [0.05, 0.1) is 16.7 Å². The van der Waals surface area contributed by atoms with Crippen LogP contribution in [0.4, 0.5) is 24.5 Å². The summed E-state index contributed by atoms with van der Waals surface area (Å²) in [5.74, 6) is -0.558. The molecule has 7 aromatic carbocycles. The summed E-state index contributed by atoms with van der Waals surface area (Å²) in [6.45, 7) is 20.5. The van der Waals surface area contributed by atoms with Crippen molar-refractivity contribution in [1.29, 1.82) is 0 Å². The lowest BCUT2D eigenvalue weighted by Gasteiger charge is -2.44. The third-order valence-electron chi connectivity index (χ3n) is 16.8. The molecule has 1 saturated heterocycles. The van der Waals surface area contributed by atoms with Gasteiger partial charge >= 0.3 is 5.51 Å². The minimum Gasteiger partial charge on any atom is -0.410 e. The molecule has 87 heavy (non-hydrogen) atoms. The molecule has 0 aliphatic carbocycles. The number of piperidine rings is 1. The smallest absolute Gasteiger partial charge is 0.410 e. The molecule has 0 aromatic heterocycles. The van der Waals surface area contributed by atoms with Crippen LogP contribution in [0.25, 0.3) is 11.1 Å². The maximum absolute atomic E-state index is 14.6. The number of carbonyl (C=O) groups excluding carboxylic acids is 1. The number of anilines is 2. The minimum atomic E-state index is -6.15. The first-order valence-electron chi connectivity index (χ1n) is 29.3. The van der Waals surface area contributed by atoms with Crippen LogP contribution in [0.5, 0.6) is 0 Å². The molecule has 0 bridgehead atoms. The number of sulfonamides is 1. The van der Waals surface area contributed by atoms with E-state index in [0.29, 0.717) is 56.0 Å². The maximum Gasteiger partial charge on any atom is 0.501 e. The predicted molar refractivity (Wildman–Crippen MR) is 354 cm³/mol. The summed E-state index contributed by atoms with van der Waals surface area (Å²) in [6, 6.07) is 54.4. The fourth-order valence-electron chi connectivity index (χ4n) is 10.9. The Morgan fingerprint density at radius 3 is 1.85 bits per heavy atom. The van der Waals surface area contributed by atoms with Crippen molar-refractivity contribution in [3.63, 3.8) is 0 Å². The average molecular weight is 1300 g/mol. The van der Waals surface area contributed by atoms with Gasteiger partial charge in [-0.1, -0.05) is 168 Å². The van der Waals surface area contributed by atoms with Crippen LogP contribution in [0, 0.1) is 5.92 Å². The molecule has 1 aliphatic heterocycles. The van der Waals surface area contributed by atoms with E-state index in [-0.39, 0.29) is 27.7 Å². The number of halogens is 4. The number of likely N-dealkylation sites (N-methyl/N-ethyl adjacent to an activating group) is 1. The lowest BCUT2D eigenvalue weighted by molar-refractivity contribution is -0.0436. The SMILES string of the molecule is CN(CCO[Si](c1ccccc1)(c1ccccc1)C(C)(C)C)CC[C@H](CSc1ccccc1)Nc1ccc(S(=O)(=O)NC(=O)c2ccc(N3CCC(C(O[Si](C)(C)C(C)(C)C)c4ccccc4-c4ccc(Cl)cc4)CC3)cc2)cc1S(=O)(=O)C(F)(F)F. The van der Waals surface area contributed by atoms with E-state index in [9.17, 15) is 34.8 Å². The fraction of sp³-hybridized carbons (Fsp3) is 0.358. The number of nitrogens with zero attached hydrogens (tertiary/aromatic N) is 2. The molecule has 1 heterocycles. The van der Waals surface area contributed by atoms with Gasteiger partial charge < -0.3 is 24.0 Å². The number of alkyl halides is 3. The number of benzene rings is 7. The van der Waals surface area contributed by atoms with Gasteiger partial charge in [-0.2, -0.15) is 13.2 Å². The van der Waals surface area contributed by atoms with Crippen molar-refractivity contribution in [2.24, 2.45) is 5.92 Å². The molecule has 2 N–H and O–H groups in total. The van der Waals surface area contributed by atoms with Crippen molar-refractivity contribution in [1.82, 2.24) is 9.62 Å². The van der Waals surface area contributed by atoms with Gasteiger partial charge in [0.15, 0.2) is 8.32 Å². The molecular formula is C67H80ClF3N4O7S3Si2. The molecular weight excluding hydrogens is 1220 g/mol.